The van der Waals surface area contributed by atoms with Gasteiger partial charge in [-0.05, 0) is 0 Å². The molecule has 0 atom stereocenters. The maximum absolute atomic E-state index is 10.8. The van der Waals surface area contributed by atoms with Crippen molar-refractivity contribution in [3.63, 3.8) is 0 Å². The second-order valence-corrected chi connectivity index (χ2v) is 1.69. The third-order valence-corrected chi connectivity index (χ3v) is 0.393. The summed E-state index contributed by atoms with van der Waals surface area (Å²) in [4.78, 5) is 9.42. The highest BCUT2D eigenvalue weighted by Gasteiger charge is 1.84. The van der Waals surface area contributed by atoms with Crippen LogP contribution in [0.4, 0.5) is 4.39 Å². The second-order valence-electron chi connectivity index (χ2n) is 0.489. The number of rotatable bonds is 1. The summed E-state index contributed by atoms with van der Waals surface area (Å²) in [6.07, 6.45) is 0. The zero-order valence-corrected chi connectivity index (χ0v) is 4.53. The first-order valence-corrected chi connectivity index (χ1v) is 2.09. The topological polar surface area (TPSA) is 17.1 Å². The number of alkyl halides is 1. The van der Waals surface area contributed by atoms with Gasteiger partial charge >= 0.3 is 0 Å². The van der Waals surface area contributed by atoms with E-state index in [0.29, 0.717) is 0 Å². The van der Waals surface area contributed by atoms with Gasteiger partial charge in [-0.25, -0.2) is 4.39 Å². The minimum Gasteiger partial charge on any atom is -0.285 e. The lowest BCUT2D eigenvalue weighted by Gasteiger charge is -1.65. The monoisotopic (exact) mass is 188 g/mol. The number of carbonyl (C=O) groups excluding carboxylic acids is 1. The highest BCUT2D eigenvalue weighted by Crippen LogP contribution is 1.82. The van der Waals surface area contributed by atoms with Crippen molar-refractivity contribution in [2.75, 3.05) is 6.67 Å². The van der Waals surface area contributed by atoms with Crippen molar-refractivity contribution in [1.29, 1.82) is 0 Å². The van der Waals surface area contributed by atoms with Crippen molar-refractivity contribution < 1.29 is 9.18 Å². The van der Waals surface area contributed by atoms with Gasteiger partial charge in [0.1, 0.15) is 0 Å². The molecule has 0 aliphatic carbocycles. The molecule has 5 heavy (non-hydrogen) atoms. The Morgan fingerprint density at radius 2 is 2.20 bits per heavy atom. The third-order valence-electron chi connectivity index (χ3n) is 0.105. The highest BCUT2D eigenvalue weighted by atomic mass is 127. The molecule has 0 aromatic rings. The Balaban J connectivity index is 2.85. The smallest absolute Gasteiger partial charge is 0.223 e. The summed E-state index contributed by atoms with van der Waals surface area (Å²) in [6, 6.07) is 0. The van der Waals surface area contributed by atoms with E-state index < -0.39 is 10.5 Å². The van der Waals surface area contributed by atoms with Crippen LogP contribution >= 0.6 is 22.6 Å². The largest absolute Gasteiger partial charge is 0.285 e. The second kappa shape index (κ2) is 2.56. The SMILES string of the molecule is O=C(I)CF. The van der Waals surface area contributed by atoms with Crippen LogP contribution in [0, 0.1) is 0 Å². The molecular weight excluding hydrogens is 186 g/mol. The van der Waals surface area contributed by atoms with Crippen LogP contribution in [-0.4, -0.2) is 10.5 Å². The van der Waals surface area contributed by atoms with Gasteiger partial charge in [0.2, 0.25) is 3.79 Å². The Kier molecular flexibility index (Phi) is 2.73. The van der Waals surface area contributed by atoms with Gasteiger partial charge in [-0.15, -0.1) is 0 Å². The summed E-state index contributed by atoms with van der Waals surface area (Å²) < 4.78 is 10.3. The molecule has 0 saturated heterocycles. The van der Waals surface area contributed by atoms with Gasteiger partial charge in [0.15, 0.2) is 6.67 Å². The summed E-state index contributed by atoms with van der Waals surface area (Å²) in [6.45, 7) is -0.847. The van der Waals surface area contributed by atoms with E-state index in [1.165, 1.54) is 22.6 Å². The lowest BCUT2D eigenvalue weighted by atomic mass is 10.9. The predicted molar refractivity (Wildman–Crippen MR) is 25.0 cm³/mol. The third kappa shape index (κ3) is 4.33. The van der Waals surface area contributed by atoms with Crippen LogP contribution in [0.1, 0.15) is 0 Å². The first-order valence-electron chi connectivity index (χ1n) is 1.01. The zero-order valence-electron chi connectivity index (χ0n) is 2.37. The lowest BCUT2D eigenvalue weighted by Crippen LogP contribution is -1.81. The Morgan fingerprint density at radius 3 is 2.20 bits per heavy atom. The zero-order chi connectivity index (χ0) is 4.28. The molecule has 0 aliphatic rings. The summed E-state index contributed by atoms with van der Waals surface area (Å²) in [5.74, 6) is 0. The van der Waals surface area contributed by atoms with Gasteiger partial charge in [0, 0.05) is 22.6 Å². The summed E-state index contributed by atoms with van der Waals surface area (Å²) in [5, 5.41) is 0. The van der Waals surface area contributed by atoms with E-state index in [1.54, 1.807) is 0 Å². The van der Waals surface area contributed by atoms with Crippen molar-refractivity contribution in [3.05, 3.63) is 0 Å². The van der Waals surface area contributed by atoms with E-state index in [4.69, 9.17) is 0 Å². The van der Waals surface area contributed by atoms with Gasteiger partial charge < -0.3 is 0 Å². The maximum Gasteiger partial charge on any atom is 0.223 e. The predicted octanol–water partition coefficient (Wildman–Crippen LogP) is 0.918. The van der Waals surface area contributed by atoms with E-state index >= 15 is 0 Å². The number of hydrogen-bond acceptors (Lipinski definition) is 1. The molecule has 0 saturated carbocycles. The van der Waals surface area contributed by atoms with Gasteiger partial charge in [-0.2, -0.15) is 0 Å². The normalized spacial score (nSPS) is 7.60. The molecule has 0 amide bonds. The Hall–Kier alpha value is 0.330. The molecule has 1 nitrogen and oxygen atoms in total. The fourth-order valence-electron chi connectivity index (χ4n) is 0. The van der Waals surface area contributed by atoms with Crippen LogP contribution in [0.15, 0.2) is 0 Å². The van der Waals surface area contributed by atoms with Crippen molar-refractivity contribution >= 4 is 26.4 Å². The number of hydrogen-bond donors (Lipinski definition) is 0. The molecule has 3 heteroatoms. The first-order chi connectivity index (χ1) is 2.27. The Morgan fingerprint density at radius 1 is 2.00 bits per heavy atom. The minimum atomic E-state index is -0.847. The summed E-state index contributed by atoms with van der Waals surface area (Å²) in [7, 11) is 0. The molecule has 0 spiro atoms. The quantitative estimate of drug-likeness (QED) is 0.441. The van der Waals surface area contributed by atoms with Crippen molar-refractivity contribution in [2.45, 2.75) is 0 Å². The molecule has 0 bridgehead atoms. The molecule has 0 radical (unpaired) electrons. The molecule has 0 aromatic carbocycles. The number of halogens is 2. The highest BCUT2D eigenvalue weighted by molar-refractivity contribution is 14.1. The molecule has 0 heterocycles. The molecule has 0 aromatic heterocycles. The average Bonchev–Trinajstić information content (AvgIpc) is 1.38. The first kappa shape index (κ1) is 5.33. The molecular formula is C2H2FIO. The molecule has 0 aliphatic heterocycles. The van der Waals surface area contributed by atoms with Gasteiger partial charge in [0.05, 0.1) is 0 Å². The number of carbonyl (C=O) groups is 1. The average molecular weight is 188 g/mol. The van der Waals surface area contributed by atoms with E-state index in [1.807, 2.05) is 0 Å². The van der Waals surface area contributed by atoms with Crippen molar-refractivity contribution in [1.82, 2.24) is 0 Å². The maximum atomic E-state index is 10.8. The molecule has 30 valence electrons. The summed E-state index contributed by atoms with van der Waals surface area (Å²) >= 11 is 1.39. The lowest BCUT2D eigenvalue weighted by molar-refractivity contribution is -0.110. The Labute approximate surface area is 42.7 Å². The Bertz CT molecular complexity index is 44.9. The van der Waals surface area contributed by atoms with Crippen molar-refractivity contribution in [2.24, 2.45) is 0 Å². The van der Waals surface area contributed by atoms with Crippen LogP contribution in [0.3, 0.4) is 0 Å². The molecule has 0 unspecified atom stereocenters. The van der Waals surface area contributed by atoms with Crippen LogP contribution in [0.25, 0.3) is 0 Å². The van der Waals surface area contributed by atoms with Gasteiger partial charge in [-0.1, -0.05) is 0 Å². The van der Waals surface area contributed by atoms with E-state index in [0.717, 1.165) is 0 Å². The minimum absolute atomic E-state index is 0.442. The van der Waals surface area contributed by atoms with Crippen LogP contribution in [-0.2, 0) is 4.79 Å². The fourth-order valence-corrected chi connectivity index (χ4v) is 0. The van der Waals surface area contributed by atoms with E-state index in [2.05, 4.69) is 0 Å². The van der Waals surface area contributed by atoms with E-state index in [-0.39, 0.29) is 0 Å². The summed E-state index contributed by atoms with van der Waals surface area (Å²) in [5.41, 5.74) is 0. The van der Waals surface area contributed by atoms with Gasteiger partial charge in [0.25, 0.3) is 0 Å². The van der Waals surface area contributed by atoms with Crippen LogP contribution < -0.4 is 0 Å². The van der Waals surface area contributed by atoms with Gasteiger partial charge in [-0.3, -0.25) is 4.79 Å². The van der Waals surface area contributed by atoms with Crippen LogP contribution in [0.5, 0.6) is 0 Å². The fraction of sp³-hybridized carbons (Fsp3) is 0.500. The van der Waals surface area contributed by atoms with Crippen molar-refractivity contribution in [3.8, 4) is 0 Å². The molecule has 0 N–H and O–H groups in total. The molecule has 0 rings (SSSR count). The molecule has 0 fully saturated rings. The van der Waals surface area contributed by atoms with Crippen LogP contribution in [0.2, 0.25) is 0 Å². The standard InChI is InChI=1S/C2H2FIO/c3-1-2(4)5/h1H2. The van der Waals surface area contributed by atoms with E-state index in [9.17, 15) is 9.18 Å².